The Morgan fingerprint density at radius 3 is 2.47 bits per heavy atom. The second-order valence-electron chi connectivity index (χ2n) is 6.74. The summed E-state index contributed by atoms with van der Waals surface area (Å²) in [6, 6.07) is 7.05. The number of rotatable bonds is 5. The third-order valence-electron chi connectivity index (χ3n) is 4.88. The molecule has 5 unspecified atom stereocenters. The molecule has 0 aliphatic carbocycles. The molecule has 158 valence electrons. The molecule has 4 N–H and O–H groups in total. The molecule has 1 aliphatic rings. The lowest BCUT2D eigenvalue weighted by atomic mass is 9.98. The highest BCUT2D eigenvalue weighted by molar-refractivity contribution is 5.60. The van der Waals surface area contributed by atoms with Crippen molar-refractivity contribution in [2.75, 3.05) is 13.7 Å². The van der Waals surface area contributed by atoms with Crippen LogP contribution in [0.15, 0.2) is 42.9 Å². The summed E-state index contributed by atoms with van der Waals surface area (Å²) in [5.41, 5.74) is 1.03. The van der Waals surface area contributed by atoms with E-state index in [9.17, 15) is 20.4 Å². The average molecular weight is 415 g/mol. The summed E-state index contributed by atoms with van der Waals surface area (Å²) in [4.78, 5) is 12.8. The van der Waals surface area contributed by atoms with Crippen LogP contribution in [0.1, 0.15) is 6.23 Å². The Morgan fingerprint density at radius 1 is 1.07 bits per heavy atom. The minimum Gasteiger partial charge on any atom is -0.497 e. The first-order chi connectivity index (χ1) is 14.5. The van der Waals surface area contributed by atoms with Gasteiger partial charge in [0.25, 0.3) is 0 Å². The molecule has 1 fully saturated rings. The van der Waals surface area contributed by atoms with Crippen molar-refractivity contribution in [1.82, 2.24) is 24.7 Å². The number of aromatic nitrogens is 5. The van der Waals surface area contributed by atoms with Gasteiger partial charge in [-0.3, -0.25) is 4.98 Å². The predicted molar refractivity (Wildman–Crippen MR) is 102 cm³/mol. The minimum absolute atomic E-state index is 0.234. The molecule has 30 heavy (non-hydrogen) atoms. The maximum Gasteiger partial charge on any atom is 0.181 e. The fourth-order valence-corrected chi connectivity index (χ4v) is 3.24. The van der Waals surface area contributed by atoms with E-state index < -0.39 is 37.3 Å². The summed E-state index contributed by atoms with van der Waals surface area (Å²) in [5, 5.41) is 44.7. The largest absolute Gasteiger partial charge is 0.497 e. The molecule has 1 saturated heterocycles. The van der Waals surface area contributed by atoms with Gasteiger partial charge in [0.15, 0.2) is 17.9 Å². The molecule has 0 saturated carbocycles. The van der Waals surface area contributed by atoms with Crippen molar-refractivity contribution in [1.29, 1.82) is 0 Å². The van der Waals surface area contributed by atoms with Crippen molar-refractivity contribution in [3.05, 3.63) is 42.9 Å². The summed E-state index contributed by atoms with van der Waals surface area (Å²) in [5.74, 6) is 1.22. The SMILES string of the molecule is COc1ccc(-c2nc(-c3cnccn3)n(C3OC(CO)C(O)C(O)C3O)n2)cc1. The molecule has 0 amide bonds. The average Bonchev–Trinajstić information content (AvgIpc) is 3.23. The molecule has 4 rings (SSSR count). The van der Waals surface area contributed by atoms with Crippen molar-refractivity contribution in [3.63, 3.8) is 0 Å². The highest BCUT2D eigenvalue weighted by atomic mass is 16.6. The van der Waals surface area contributed by atoms with Crippen LogP contribution < -0.4 is 4.74 Å². The molecule has 3 heterocycles. The van der Waals surface area contributed by atoms with Gasteiger partial charge >= 0.3 is 0 Å². The summed E-state index contributed by atoms with van der Waals surface area (Å²) in [6.45, 7) is -0.554. The summed E-state index contributed by atoms with van der Waals surface area (Å²) < 4.78 is 12.1. The minimum atomic E-state index is -1.55. The lowest BCUT2D eigenvalue weighted by molar-refractivity contribution is -0.253. The molecule has 3 aromatic rings. The van der Waals surface area contributed by atoms with Crippen molar-refractivity contribution < 1.29 is 29.9 Å². The number of hydrogen-bond donors (Lipinski definition) is 4. The molecule has 0 radical (unpaired) electrons. The molecule has 11 heteroatoms. The van der Waals surface area contributed by atoms with Crippen LogP contribution in [0.2, 0.25) is 0 Å². The molecule has 5 atom stereocenters. The third kappa shape index (κ3) is 3.64. The van der Waals surface area contributed by atoms with Gasteiger partial charge in [0.2, 0.25) is 0 Å². The zero-order valence-corrected chi connectivity index (χ0v) is 16.0. The number of nitrogens with zero attached hydrogens (tertiary/aromatic N) is 5. The Hall–Kier alpha value is -2.96. The quantitative estimate of drug-likeness (QED) is 0.424. The summed E-state index contributed by atoms with van der Waals surface area (Å²) >= 11 is 0. The molecular weight excluding hydrogens is 394 g/mol. The highest BCUT2D eigenvalue weighted by Gasteiger charge is 2.45. The van der Waals surface area contributed by atoms with E-state index in [1.54, 1.807) is 31.4 Å². The monoisotopic (exact) mass is 415 g/mol. The fraction of sp³-hybridized carbons (Fsp3) is 0.368. The van der Waals surface area contributed by atoms with Crippen molar-refractivity contribution >= 4 is 0 Å². The van der Waals surface area contributed by atoms with Gasteiger partial charge < -0.3 is 29.9 Å². The molecule has 0 spiro atoms. The predicted octanol–water partition coefficient (Wildman–Crippen LogP) is -0.617. The standard InChI is InChI=1S/C19H21N5O6/c1-29-11-4-2-10(3-5-11)17-22-18(12-8-20-6-7-21-12)24(23-17)19-16(28)15(27)14(26)13(9-25)30-19/h2-8,13-16,19,25-28H,9H2,1H3. The van der Waals surface area contributed by atoms with Gasteiger partial charge in [-0.25, -0.2) is 14.6 Å². The molecular formula is C19H21N5O6. The van der Waals surface area contributed by atoms with Gasteiger partial charge in [-0.2, -0.15) is 0 Å². The third-order valence-corrected chi connectivity index (χ3v) is 4.88. The molecule has 1 aliphatic heterocycles. The van der Waals surface area contributed by atoms with E-state index in [1.807, 2.05) is 0 Å². The van der Waals surface area contributed by atoms with Crippen molar-refractivity contribution in [3.8, 4) is 28.7 Å². The van der Waals surface area contributed by atoms with Crippen LogP contribution in [-0.4, -0.2) is 83.3 Å². The fourth-order valence-electron chi connectivity index (χ4n) is 3.24. The zero-order valence-electron chi connectivity index (χ0n) is 16.0. The van der Waals surface area contributed by atoms with Gasteiger partial charge in [-0.05, 0) is 24.3 Å². The Balaban J connectivity index is 1.80. The van der Waals surface area contributed by atoms with E-state index in [2.05, 4.69) is 20.1 Å². The topological polar surface area (TPSA) is 156 Å². The smallest absolute Gasteiger partial charge is 0.181 e. The van der Waals surface area contributed by atoms with Gasteiger partial charge in [0.05, 0.1) is 19.9 Å². The molecule has 1 aromatic carbocycles. The van der Waals surface area contributed by atoms with Gasteiger partial charge in [0, 0.05) is 18.0 Å². The van der Waals surface area contributed by atoms with E-state index in [-0.39, 0.29) is 5.82 Å². The van der Waals surface area contributed by atoms with Crippen molar-refractivity contribution in [2.24, 2.45) is 0 Å². The van der Waals surface area contributed by atoms with Gasteiger partial charge in [-0.1, -0.05) is 0 Å². The first-order valence-electron chi connectivity index (χ1n) is 9.21. The van der Waals surface area contributed by atoms with Crippen LogP contribution in [0.25, 0.3) is 22.9 Å². The first-order valence-corrected chi connectivity index (χ1v) is 9.21. The second-order valence-corrected chi connectivity index (χ2v) is 6.74. The summed E-state index contributed by atoms with van der Waals surface area (Å²) in [7, 11) is 1.56. The van der Waals surface area contributed by atoms with Gasteiger partial charge in [0.1, 0.15) is 35.9 Å². The highest BCUT2D eigenvalue weighted by Crippen LogP contribution is 2.32. The number of ether oxygens (including phenoxy) is 2. The molecule has 11 nitrogen and oxygen atoms in total. The van der Waals surface area contributed by atoms with E-state index in [0.717, 1.165) is 0 Å². The lowest BCUT2D eigenvalue weighted by Crippen LogP contribution is -2.56. The Kier molecular flexibility index (Phi) is 5.70. The Labute approximate surface area is 171 Å². The maximum atomic E-state index is 10.5. The molecule has 2 aromatic heterocycles. The second kappa shape index (κ2) is 8.42. The normalized spacial score (nSPS) is 26.5. The van der Waals surface area contributed by atoms with Crippen LogP contribution in [0.4, 0.5) is 0 Å². The maximum absolute atomic E-state index is 10.5. The number of aliphatic hydroxyl groups is 4. The Morgan fingerprint density at radius 2 is 1.83 bits per heavy atom. The van der Waals surface area contributed by atoms with E-state index in [4.69, 9.17) is 9.47 Å². The van der Waals surface area contributed by atoms with Crippen LogP contribution in [0, 0.1) is 0 Å². The first kappa shape index (κ1) is 20.3. The van der Waals surface area contributed by atoms with Crippen LogP contribution >= 0.6 is 0 Å². The van der Waals surface area contributed by atoms with Crippen LogP contribution in [0.3, 0.4) is 0 Å². The van der Waals surface area contributed by atoms with E-state index in [1.165, 1.54) is 23.3 Å². The number of hydrogen-bond acceptors (Lipinski definition) is 10. The lowest BCUT2D eigenvalue weighted by Gasteiger charge is -2.40. The zero-order chi connectivity index (χ0) is 21.3. The number of aliphatic hydroxyl groups excluding tert-OH is 4. The van der Waals surface area contributed by atoms with Crippen molar-refractivity contribution in [2.45, 2.75) is 30.6 Å². The Bertz CT molecular complexity index is 981. The van der Waals surface area contributed by atoms with E-state index in [0.29, 0.717) is 22.8 Å². The summed E-state index contributed by atoms with van der Waals surface area (Å²) in [6.07, 6.45) is -2.41. The number of methoxy groups -OCH3 is 1. The van der Waals surface area contributed by atoms with E-state index >= 15 is 0 Å². The van der Waals surface area contributed by atoms with Crippen LogP contribution in [-0.2, 0) is 4.74 Å². The van der Waals surface area contributed by atoms with Crippen LogP contribution in [0.5, 0.6) is 5.75 Å². The molecule has 0 bridgehead atoms. The number of benzene rings is 1. The van der Waals surface area contributed by atoms with Gasteiger partial charge in [-0.15, -0.1) is 5.10 Å².